The van der Waals surface area contributed by atoms with Gasteiger partial charge in [-0.25, -0.2) is 13.1 Å². The number of sulfonamides is 1. The zero-order chi connectivity index (χ0) is 23.6. The molecule has 1 heterocycles. The third kappa shape index (κ3) is 8.46. The number of allylic oxidation sites excluding steroid dienone is 1. The highest BCUT2D eigenvalue weighted by molar-refractivity contribution is 8.18. The minimum Gasteiger partial charge on any atom is -0.392 e. The van der Waals surface area contributed by atoms with E-state index in [2.05, 4.69) is 4.72 Å². The van der Waals surface area contributed by atoms with Crippen LogP contribution in [0.1, 0.15) is 30.4 Å². The molecule has 1 saturated heterocycles. The second-order valence-electron chi connectivity index (χ2n) is 8.16. The number of hydrogen-bond acceptors (Lipinski definition) is 6. The standard InChI is InChI=1S/C25H33NO4S3/c1-21-10-12-24(13-11-21)33(28,29)26-23(20-30-19-22-8-3-2-4-9-22)18-25(14-5-6-15-27)31-16-7-17-32-25/h2-6,8-13,23,26-27H,7,14-20H2,1H3/b6-5-/t23-/m0/s1. The van der Waals surface area contributed by atoms with Gasteiger partial charge in [-0.3, -0.25) is 0 Å². The summed E-state index contributed by atoms with van der Waals surface area (Å²) in [6.07, 6.45) is 6.31. The van der Waals surface area contributed by atoms with Crippen LogP contribution in [-0.4, -0.2) is 48.4 Å². The van der Waals surface area contributed by atoms with E-state index >= 15 is 0 Å². The molecule has 2 aromatic rings. The third-order valence-electron chi connectivity index (χ3n) is 5.36. The smallest absolute Gasteiger partial charge is 0.240 e. The molecule has 0 unspecified atom stereocenters. The first-order valence-corrected chi connectivity index (χ1v) is 14.6. The number of hydrogen-bond donors (Lipinski definition) is 2. The second kappa shape index (κ2) is 13.0. The maximum Gasteiger partial charge on any atom is 0.240 e. The summed E-state index contributed by atoms with van der Waals surface area (Å²) in [7, 11) is -3.68. The van der Waals surface area contributed by atoms with Crippen LogP contribution in [0.15, 0.2) is 71.6 Å². The largest absolute Gasteiger partial charge is 0.392 e. The maximum absolute atomic E-state index is 13.2. The molecular formula is C25H33NO4S3. The fourth-order valence-electron chi connectivity index (χ4n) is 3.68. The molecule has 0 saturated carbocycles. The lowest BCUT2D eigenvalue weighted by Gasteiger charge is -2.38. The van der Waals surface area contributed by atoms with E-state index < -0.39 is 10.0 Å². The SMILES string of the molecule is Cc1ccc(S(=O)(=O)N[C@H](COCc2ccccc2)CC2(C/C=C\CO)SCCCS2)cc1. The summed E-state index contributed by atoms with van der Waals surface area (Å²) in [5, 5.41) is 9.17. The van der Waals surface area contributed by atoms with Crippen molar-refractivity contribution in [2.24, 2.45) is 0 Å². The Labute approximate surface area is 206 Å². The van der Waals surface area contributed by atoms with Crippen molar-refractivity contribution in [1.29, 1.82) is 0 Å². The highest BCUT2D eigenvalue weighted by atomic mass is 32.2. The van der Waals surface area contributed by atoms with Gasteiger partial charge in [-0.15, -0.1) is 23.5 Å². The number of aliphatic hydroxyl groups excluding tert-OH is 1. The van der Waals surface area contributed by atoms with Gasteiger partial charge < -0.3 is 9.84 Å². The Bertz CT molecular complexity index is 972. The highest BCUT2D eigenvalue weighted by Gasteiger charge is 2.36. The Morgan fingerprint density at radius 2 is 1.79 bits per heavy atom. The molecule has 2 aromatic carbocycles. The number of rotatable bonds is 12. The molecule has 0 aromatic heterocycles. The maximum atomic E-state index is 13.2. The molecule has 5 nitrogen and oxygen atoms in total. The van der Waals surface area contributed by atoms with E-state index in [1.54, 1.807) is 18.2 Å². The monoisotopic (exact) mass is 507 g/mol. The van der Waals surface area contributed by atoms with Crippen LogP contribution in [0, 0.1) is 6.92 Å². The first kappa shape index (κ1) is 26.3. The summed E-state index contributed by atoms with van der Waals surface area (Å²) >= 11 is 3.77. The Hall–Kier alpha value is -1.29. The van der Waals surface area contributed by atoms with Crippen LogP contribution >= 0.6 is 23.5 Å². The van der Waals surface area contributed by atoms with E-state index in [4.69, 9.17) is 4.74 Å². The molecule has 1 aliphatic heterocycles. The summed E-state index contributed by atoms with van der Waals surface area (Å²) in [6, 6.07) is 16.4. The van der Waals surface area contributed by atoms with E-state index in [1.807, 2.05) is 79.0 Å². The molecule has 1 fully saturated rings. The van der Waals surface area contributed by atoms with Gasteiger partial charge in [0.1, 0.15) is 0 Å². The number of aryl methyl sites for hydroxylation is 1. The zero-order valence-corrected chi connectivity index (χ0v) is 21.4. The molecule has 180 valence electrons. The van der Waals surface area contributed by atoms with Crippen molar-refractivity contribution in [3.63, 3.8) is 0 Å². The van der Waals surface area contributed by atoms with Crippen LogP contribution in [0.2, 0.25) is 0 Å². The van der Waals surface area contributed by atoms with Crippen LogP contribution in [0.4, 0.5) is 0 Å². The Morgan fingerprint density at radius 3 is 2.45 bits per heavy atom. The predicted octanol–water partition coefficient (Wildman–Crippen LogP) is 4.75. The van der Waals surface area contributed by atoms with Crippen molar-refractivity contribution >= 4 is 33.5 Å². The quantitative estimate of drug-likeness (QED) is 0.404. The lowest BCUT2D eigenvalue weighted by Crippen LogP contribution is -2.43. The molecule has 1 aliphatic rings. The number of nitrogens with one attached hydrogen (secondary N) is 1. The summed E-state index contributed by atoms with van der Waals surface area (Å²) in [5.74, 6) is 2.09. The number of aliphatic hydroxyl groups is 1. The van der Waals surface area contributed by atoms with Crippen molar-refractivity contribution in [3.8, 4) is 0 Å². The predicted molar refractivity (Wildman–Crippen MR) is 139 cm³/mol. The second-order valence-corrected chi connectivity index (χ2v) is 13.1. The summed E-state index contributed by atoms with van der Waals surface area (Å²) in [6.45, 7) is 2.66. The third-order valence-corrected chi connectivity index (χ3v) is 10.3. The van der Waals surface area contributed by atoms with E-state index in [-0.39, 0.29) is 28.2 Å². The minimum atomic E-state index is -3.68. The molecule has 33 heavy (non-hydrogen) atoms. The van der Waals surface area contributed by atoms with Crippen molar-refractivity contribution in [1.82, 2.24) is 4.72 Å². The van der Waals surface area contributed by atoms with Crippen molar-refractivity contribution in [3.05, 3.63) is 77.9 Å². The normalized spacial score (nSPS) is 17.3. The van der Waals surface area contributed by atoms with Gasteiger partial charge in [0.05, 0.1) is 28.8 Å². The Morgan fingerprint density at radius 1 is 1.09 bits per heavy atom. The van der Waals surface area contributed by atoms with Crippen LogP contribution in [-0.2, 0) is 21.4 Å². The van der Waals surface area contributed by atoms with Gasteiger partial charge in [0.2, 0.25) is 10.0 Å². The minimum absolute atomic E-state index is 0.00901. The van der Waals surface area contributed by atoms with Crippen LogP contribution in [0.3, 0.4) is 0 Å². The Balaban J connectivity index is 1.76. The molecular weight excluding hydrogens is 474 g/mol. The van der Waals surface area contributed by atoms with E-state index in [0.717, 1.165) is 35.5 Å². The number of ether oxygens (including phenoxy) is 1. The fourth-order valence-corrected chi connectivity index (χ4v) is 8.31. The average Bonchev–Trinajstić information content (AvgIpc) is 2.80. The number of thioether (sulfide) groups is 2. The van der Waals surface area contributed by atoms with Crippen LogP contribution in [0.25, 0.3) is 0 Å². The van der Waals surface area contributed by atoms with Gasteiger partial charge >= 0.3 is 0 Å². The molecule has 0 amide bonds. The molecule has 3 rings (SSSR count). The van der Waals surface area contributed by atoms with Crippen molar-refractivity contribution in [2.75, 3.05) is 24.7 Å². The lowest BCUT2D eigenvalue weighted by atomic mass is 10.1. The fraction of sp³-hybridized carbons (Fsp3) is 0.440. The lowest BCUT2D eigenvalue weighted by molar-refractivity contribution is 0.101. The molecule has 2 N–H and O–H groups in total. The average molecular weight is 508 g/mol. The first-order chi connectivity index (χ1) is 15.9. The van der Waals surface area contributed by atoms with E-state index in [0.29, 0.717) is 13.0 Å². The first-order valence-electron chi connectivity index (χ1n) is 11.2. The van der Waals surface area contributed by atoms with Crippen molar-refractivity contribution < 1.29 is 18.3 Å². The molecule has 0 radical (unpaired) electrons. The van der Waals surface area contributed by atoms with Crippen LogP contribution in [0.5, 0.6) is 0 Å². The van der Waals surface area contributed by atoms with Gasteiger partial charge in [-0.05, 0) is 55.4 Å². The van der Waals surface area contributed by atoms with Gasteiger partial charge in [0.15, 0.2) is 0 Å². The zero-order valence-electron chi connectivity index (χ0n) is 19.0. The highest BCUT2D eigenvalue weighted by Crippen LogP contribution is 2.48. The van der Waals surface area contributed by atoms with E-state index in [1.165, 1.54) is 0 Å². The van der Waals surface area contributed by atoms with Crippen LogP contribution < -0.4 is 4.72 Å². The topological polar surface area (TPSA) is 75.6 Å². The molecule has 0 bridgehead atoms. The van der Waals surface area contributed by atoms with Gasteiger partial charge in [-0.1, -0.05) is 60.2 Å². The number of benzene rings is 2. The molecule has 0 aliphatic carbocycles. The summed E-state index contributed by atoms with van der Waals surface area (Å²) in [5.41, 5.74) is 2.07. The molecule has 0 spiro atoms. The van der Waals surface area contributed by atoms with E-state index in [9.17, 15) is 13.5 Å². The summed E-state index contributed by atoms with van der Waals surface area (Å²) < 4.78 is 35.1. The molecule has 8 heteroatoms. The van der Waals surface area contributed by atoms with Gasteiger partial charge in [0.25, 0.3) is 0 Å². The van der Waals surface area contributed by atoms with Crippen molar-refractivity contribution in [2.45, 2.75) is 47.8 Å². The molecule has 1 atom stereocenters. The van der Waals surface area contributed by atoms with Gasteiger partial charge in [-0.2, -0.15) is 0 Å². The summed E-state index contributed by atoms with van der Waals surface area (Å²) in [4.78, 5) is 0.263. The van der Waals surface area contributed by atoms with Gasteiger partial charge in [0, 0.05) is 6.04 Å². The Kier molecular flexibility index (Phi) is 10.3.